The van der Waals surface area contributed by atoms with Crippen molar-refractivity contribution in [2.24, 2.45) is 0 Å². The van der Waals surface area contributed by atoms with Gasteiger partial charge in [0, 0.05) is 13.0 Å². The van der Waals surface area contributed by atoms with Crippen molar-refractivity contribution in [3.8, 4) is 0 Å². The molecule has 0 N–H and O–H groups in total. The summed E-state index contributed by atoms with van der Waals surface area (Å²) in [5.74, 6) is 2.34. The Morgan fingerprint density at radius 1 is 1.06 bits per heavy atom. The van der Waals surface area contributed by atoms with Crippen LogP contribution in [0.1, 0.15) is 30.6 Å². The van der Waals surface area contributed by atoms with Gasteiger partial charge in [0.15, 0.2) is 0 Å². The van der Waals surface area contributed by atoms with E-state index < -0.39 is 0 Å². The summed E-state index contributed by atoms with van der Waals surface area (Å²) in [5, 5.41) is 8.40. The van der Waals surface area contributed by atoms with Gasteiger partial charge in [-0.05, 0) is 18.4 Å². The predicted octanol–water partition coefficient (Wildman–Crippen LogP) is 3.21. The highest BCUT2D eigenvalue weighted by molar-refractivity contribution is 6.16. The molecule has 0 aliphatic heterocycles. The van der Waals surface area contributed by atoms with Crippen LogP contribution in [0, 0.1) is 0 Å². The predicted molar refractivity (Wildman–Crippen MR) is 73.7 cm³/mol. The summed E-state index contributed by atoms with van der Waals surface area (Å²) in [7, 11) is 0. The number of hydrogen-bond acceptors (Lipinski definition) is 2. The molecule has 0 bridgehead atoms. The van der Waals surface area contributed by atoms with Gasteiger partial charge in [-0.15, -0.1) is 21.8 Å². The molecule has 0 atom stereocenters. The average Bonchev–Trinajstić information content (AvgIpc) is 2.80. The van der Waals surface area contributed by atoms with Crippen LogP contribution in [-0.2, 0) is 25.3 Å². The standard InChI is InChI=1S/C14H18ClN3/c1-2-10-18-13(16-17-14(18)11-15)9-8-12-6-4-3-5-7-12/h3-7H,2,8-11H2,1H3. The third-order valence-corrected chi connectivity index (χ3v) is 3.19. The van der Waals surface area contributed by atoms with Crippen molar-refractivity contribution in [1.29, 1.82) is 0 Å². The van der Waals surface area contributed by atoms with Gasteiger partial charge >= 0.3 is 0 Å². The van der Waals surface area contributed by atoms with E-state index in [0.29, 0.717) is 5.88 Å². The zero-order valence-corrected chi connectivity index (χ0v) is 11.4. The molecule has 3 nitrogen and oxygen atoms in total. The molecular weight excluding hydrogens is 246 g/mol. The third-order valence-electron chi connectivity index (χ3n) is 2.95. The first-order chi connectivity index (χ1) is 8.85. The summed E-state index contributed by atoms with van der Waals surface area (Å²) in [5.41, 5.74) is 1.33. The molecule has 0 radical (unpaired) electrons. The Labute approximate surface area is 113 Å². The largest absolute Gasteiger partial charge is 0.314 e. The van der Waals surface area contributed by atoms with Crippen LogP contribution in [0.2, 0.25) is 0 Å². The lowest BCUT2D eigenvalue weighted by molar-refractivity contribution is 0.616. The first kappa shape index (κ1) is 13.1. The fourth-order valence-corrected chi connectivity index (χ4v) is 2.24. The lowest BCUT2D eigenvalue weighted by atomic mass is 10.1. The van der Waals surface area contributed by atoms with E-state index in [9.17, 15) is 0 Å². The number of rotatable bonds is 6. The van der Waals surface area contributed by atoms with Crippen molar-refractivity contribution < 1.29 is 0 Å². The van der Waals surface area contributed by atoms with Crippen molar-refractivity contribution in [3.63, 3.8) is 0 Å². The average molecular weight is 264 g/mol. The highest BCUT2D eigenvalue weighted by Gasteiger charge is 2.10. The lowest BCUT2D eigenvalue weighted by Crippen LogP contribution is -2.07. The lowest BCUT2D eigenvalue weighted by Gasteiger charge is -2.07. The van der Waals surface area contributed by atoms with Crippen molar-refractivity contribution in [3.05, 3.63) is 47.5 Å². The van der Waals surface area contributed by atoms with E-state index in [-0.39, 0.29) is 0 Å². The van der Waals surface area contributed by atoms with Gasteiger partial charge in [-0.1, -0.05) is 37.3 Å². The minimum absolute atomic E-state index is 0.429. The van der Waals surface area contributed by atoms with Gasteiger partial charge in [-0.3, -0.25) is 0 Å². The van der Waals surface area contributed by atoms with E-state index in [1.165, 1.54) is 5.56 Å². The van der Waals surface area contributed by atoms with E-state index >= 15 is 0 Å². The molecule has 0 aliphatic carbocycles. The number of hydrogen-bond donors (Lipinski definition) is 0. The number of benzene rings is 1. The smallest absolute Gasteiger partial charge is 0.147 e. The number of nitrogens with zero attached hydrogens (tertiary/aromatic N) is 3. The molecule has 2 aromatic rings. The summed E-state index contributed by atoms with van der Waals surface area (Å²) < 4.78 is 2.15. The van der Waals surface area contributed by atoms with Crippen LogP contribution < -0.4 is 0 Å². The molecule has 1 heterocycles. The molecule has 0 saturated carbocycles. The molecule has 0 fully saturated rings. The highest BCUT2D eigenvalue weighted by Crippen LogP contribution is 2.10. The third kappa shape index (κ3) is 3.10. The van der Waals surface area contributed by atoms with Crippen LogP contribution >= 0.6 is 11.6 Å². The van der Waals surface area contributed by atoms with Crippen LogP contribution in [0.15, 0.2) is 30.3 Å². The maximum Gasteiger partial charge on any atom is 0.147 e. The molecule has 96 valence electrons. The summed E-state index contributed by atoms with van der Waals surface area (Å²) in [4.78, 5) is 0. The van der Waals surface area contributed by atoms with Gasteiger partial charge in [0.1, 0.15) is 11.6 Å². The topological polar surface area (TPSA) is 30.7 Å². The van der Waals surface area contributed by atoms with Gasteiger partial charge < -0.3 is 4.57 Å². The number of aryl methyl sites for hydroxylation is 2. The van der Waals surface area contributed by atoms with E-state index in [0.717, 1.165) is 37.5 Å². The normalized spacial score (nSPS) is 10.8. The minimum atomic E-state index is 0.429. The van der Waals surface area contributed by atoms with Gasteiger partial charge in [-0.25, -0.2) is 0 Å². The molecule has 2 rings (SSSR count). The molecule has 0 saturated heterocycles. The van der Waals surface area contributed by atoms with E-state index in [4.69, 9.17) is 11.6 Å². The first-order valence-corrected chi connectivity index (χ1v) is 6.89. The number of halogens is 1. The summed E-state index contributed by atoms with van der Waals surface area (Å²) in [6.07, 6.45) is 2.97. The summed E-state index contributed by atoms with van der Waals surface area (Å²) in [6, 6.07) is 10.5. The van der Waals surface area contributed by atoms with E-state index in [2.05, 4.69) is 46.0 Å². The second-order valence-corrected chi connectivity index (χ2v) is 4.57. The minimum Gasteiger partial charge on any atom is -0.314 e. The number of alkyl halides is 1. The maximum absolute atomic E-state index is 5.87. The van der Waals surface area contributed by atoms with Crippen LogP contribution in [0.4, 0.5) is 0 Å². The van der Waals surface area contributed by atoms with Crippen molar-refractivity contribution in [2.45, 2.75) is 38.6 Å². The monoisotopic (exact) mass is 263 g/mol. The number of aromatic nitrogens is 3. The van der Waals surface area contributed by atoms with Gasteiger partial charge in [0.25, 0.3) is 0 Å². The Morgan fingerprint density at radius 3 is 2.44 bits per heavy atom. The molecule has 0 aliphatic rings. The van der Waals surface area contributed by atoms with Gasteiger partial charge in [0.2, 0.25) is 0 Å². The second kappa shape index (κ2) is 6.55. The van der Waals surface area contributed by atoms with Crippen LogP contribution in [0.5, 0.6) is 0 Å². The molecule has 18 heavy (non-hydrogen) atoms. The SMILES string of the molecule is CCCn1c(CCl)nnc1CCc1ccccc1. The zero-order chi connectivity index (χ0) is 12.8. The molecule has 0 amide bonds. The van der Waals surface area contributed by atoms with Gasteiger partial charge in [0.05, 0.1) is 5.88 Å². The molecule has 4 heteroatoms. The van der Waals surface area contributed by atoms with E-state index in [1.54, 1.807) is 0 Å². The van der Waals surface area contributed by atoms with E-state index in [1.807, 2.05) is 6.07 Å². The quantitative estimate of drug-likeness (QED) is 0.750. The Bertz CT molecular complexity index is 479. The van der Waals surface area contributed by atoms with Gasteiger partial charge in [-0.2, -0.15) is 0 Å². The Hall–Kier alpha value is -1.35. The highest BCUT2D eigenvalue weighted by atomic mass is 35.5. The summed E-state index contributed by atoms with van der Waals surface area (Å²) >= 11 is 5.87. The zero-order valence-electron chi connectivity index (χ0n) is 10.6. The molecule has 0 spiro atoms. The second-order valence-electron chi connectivity index (χ2n) is 4.30. The molecule has 1 aromatic heterocycles. The Balaban J connectivity index is 2.07. The fourth-order valence-electron chi connectivity index (χ4n) is 2.04. The Morgan fingerprint density at radius 2 is 1.78 bits per heavy atom. The van der Waals surface area contributed by atoms with Crippen molar-refractivity contribution in [1.82, 2.24) is 14.8 Å². The molecule has 0 unspecified atom stereocenters. The van der Waals surface area contributed by atoms with Crippen LogP contribution in [-0.4, -0.2) is 14.8 Å². The Kier molecular flexibility index (Phi) is 4.76. The van der Waals surface area contributed by atoms with Crippen molar-refractivity contribution >= 4 is 11.6 Å². The van der Waals surface area contributed by atoms with Crippen LogP contribution in [0.3, 0.4) is 0 Å². The first-order valence-electron chi connectivity index (χ1n) is 6.36. The molecular formula is C14H18ClN3. The maximum atomic E-state index is 5.87. The molecule has 1 aromatic carbocycles. The van der Waals surface area contributed by atoms with Crippen LogP contribution in [0.25, 0.3) is 0 Å². The fraction of sp³-hybridized carbons (Fsp3) is 0.429. The summed E-state index contributed by atoms with van der Waals surface area (Å²) in [6.45, 7) is 3.10. The van der Waals surface area contributed by atoms with Crippen molar-refractivity contribution in [2.75, 3.05) is 0 Å².